The Kier molecular flexibility index (Phi) is 7.55. The summed E-state index contributed by atoms with van der Waals surface area (Å²) < 4.78 is 54.1. The summed E-state index contributed by atoms with van der Waals surface area (Å²) in [5, 5.41) is 9.39. The summed E-state index contributed by atoms with van der Waals surface area (Å²) in [5.41, 5.74) is -0.0823. The molecule has 0 saturated carbocycles. The van der Waals surface area contributed by atoms with Gasteiger partial charge in [-0.1, -0.05) is 23.4 Å². The minimum absolute atomic E-state index is 0.0601. The molecule has 1 aromatic carbocycles. The topological polar surface area (TPSA) is 62.2 Å². The third kappa shape index (κ3) is 5.93. The van der Waals surface area contributed by atoms with Crippen molar-refractivity contribution >= 4 is 34.3 Å². The molecule has 0 spiro atoms. The van der Waals surface area contributed by atoms with Crippen LogP contribution in [0.5, 0.6) is 0 Å². The number of aromatic nitrogens is 1. The fraction of sp³-hybridized carbons (Fsp3) is 0.389. The van der Waals surface area contributed by atoms with Crippen LogP contribution in [0, 0.1) is 0 Å². The first kappa shape index (κ1) is 23.2. The molecule has 2 aromatic rings. The largest absolute Gasteiger partial charge is 0.416 e. The number of aliphatic hydroxyl groups excluding tert-OH is 1. The lowest BCUT2D eigenvalue weighted by Gasteiger charge is -2.20. The van der Waals surface area contributed by atoms with Gasteiger partial charge < -0.3 is 5.11 Å². The summed E-state index contributed by atoms with van der Waals surface area (Å²) in [6.45, 7) is 4.95. The van der Waals surface area contributed by atoms with Crippen LogP contribution < -0.4 is 4.72 Å². The maximum absolute atomic E-state index is 13.2. The van der Waals surface area contributed by atoms with Gasteiger partial charge in [0.2, 0.25) is 0 Å². The number of nitrogens with zero attached hydrogens (tertiary/aromatic N) is 1. The molecule has 0 fully saturated rings. The highest BCUT2D eigenvalue weighted by atomic mass is 35.5. The maximum Gasteiger partial charge on any atom is 0.416 e. The predicted octanol–water partition coefficient (Wildman–Crippen LogP) is 4.95. The monoisotopic (exact) mass is 452 g/mol. The minimum Gasteiger partial charge on any atom is -0.392 e. The molecule has 1 heterocycles. The van der Waals surface area contributed by atoms with Gasteiger partial charge in [0.25, 0.3) is 0 Å². The molecular weight excluding hydrogens is 433 g/mol. The molecule has 1 unspecified atom stereocenters. The fourth-order valence-corrected chi connectivity index (χ4v) is 4.25. The SMILES string of the molecule is CC(C)(C)S(=O)NCc1cc(C(F)(F)F)cc(Cl)c1Sc1ccncc1CO. The van der Waals surface area contributed by atoms with Gasteiger partial charge in [-0.15, -0.1) is 0 Å². The second-order valence-electron chi connectivity index (χ2n) is 6.89. The van der Waals surface area contributed by atoms with E-state index >= 15 is 0 Å². The van der Waals surface area contributed by atoms with E-state index in [0.717, 1.165) is 23.9 Å². The Morgan fingerprint density at radius 3 is 2.50 bits per heavy atom. The van der Waals surface area contributed by atoms with E-state index in [9.17, 15) is 22.5 Å². The minimum atomic E-state index is -4.56. The lowest BCUT2D eigenvalue weighted by atomic mass is 10.1. The van der Waals surface area contributed by atoms with Crippen LogP contribution in [-0.2, 0) is 30.3 Å². The molecule has 1 atom stereocenters. The molecule has 0 aliphatic heterocycles. The van der Waals surface area contributed by atoms with Crippen LogP contribution in [0.15, 0.2) is 40.4 Å². The maximum atomic E-state index is 13.2. The van der Waals surface area contributed by atoms with Crippen molar-refractivity contribution in [2.75, 3.05) is 0 Å². The van der Waals surface area contributed by atoms with Gasteiger partial charge in [0.05, 0.1) is 32.9 Å². The third-order valence-electron chi connectivity index (χ3n) is 3.64. The van der Waals surface area contributed by atoms with E-state index in [0.29, 0.717) is 15.4 Å². The van der Waals surface area contributed by atoms with Crippen molar-refractivity contribution in [3.8, 4) is 0 Å². The number of alkyl halides is 3. The van der Waals surface area contributed by atoms with Crippen molar-refractivity contribution < 1.29 is 22.5 Å². The lowest BCUT2D eigenvalue weighted by molar-refractivity contribution is -0.137. The van der Waals surface area contributed by atoms with Crippen molar-refractivity contribution in [2.24, 2.45) is 0 Å². The lowest BCUT2D eigenvalue weighted by Crippen LogP contribution is -2.33. The van der Waals surface area contributed by atoms with Crippen LogP contribution in [0.25, 0.3) is 0 Å². The third-order valence-corrected chi connectivity index (χ3v) is 6.87. The van der Waals surface area contributed by atoms with Gasteiger partial charge in [-0.3, -0.25) is 4.98 Å². The van der Waals surface area contributed by atoms with Gasteiger partial charge >= 0.3 is 6.18 Å². The molecule has 0 aliphatic carbocycles. The van der Waals surface area contributed by atoms with E-state index < -0.39 is 27.5 Å². The van der Waals surface area contributed by atoms with Crippen molar-refractivity contribution in [2.45, 2.75) is 54.6 Å². The zero-order valence-corrected chi connectivity index (χ0v) is 17.8. The van der Waals surface area contributed by atoms with Crippen LogP contribution >= 0.6 is 23.4 Å². The number of hydrogen-bond acceptors (Lipinski definition) is 4. The first-order chi connectivity index (χ1) is 12.9. The zero-order valence-electron chi connectivity index (χ0n) is 15.4. The smallest absolute Gasteiger partial charge is 0.392 e. The predicted molar refractivity (Wildman–Crippen MR) is 105 cm³/mol. The second-order valence-corrected chi connectivity index (χ2v) is 10.4. The molecule has 2 rings (SSSR count). The number of rotatable bonds is 6. The summed E-state index contributed by atoms with van der Waals surface area (Å²) in [4.78, 5) is 4.95. The number of pyridine rings is 1. The highest BCUT2D eigenvalue weighted by Crippen LogP contribution is 2.41. The van der Waals surface area contributed by atoms with Crippen LogP contribution in [0.1, 0.15) is 37.5 Å². The van der Waals surface area contributed by atoms with Crippen LogP contribution in [0.4, 0.5) is 13.2 Å². The normalized spacial score (nSPS) is 13.6. The Bertz CT molecular complexity index is 871. The quantitative estimate of drug-likeness (QED) is 0.651. The average molecular weight is 453 g/mol. The number of hydrogen-bond donors (Lipinski definition) is 2. The molecule has 0 saturated heterocycles. The van der Waals surface area contributed by atoms with Gasteiger partial charge in [-0.2, -0.15) is 13.2 Å². The Hall–Kier alpha value is -1.13. The van der Waals surface area contributed by atoms with Crippen molar-refractivity contribution in [3.63, 3.8) is 0 Å². The second kappa shape index (κ2) is 9.13. The Balaban J connectivity index is 2.46. The van der Waals surface area contributed by atoms with Crippen LogP contribution in [0.2, 0.25) is 5.02 Å². The van der Waals surface area contributed by atoms with Gasteiger partial charge in [0, 0.05) is 34.3 Å². The van der Waals surface area contributed by atoms with Crippen LogP contribution in [0.3, 0.4) is 0 Å². The standard InChI is InChI=1S/C18H20ClF3N2O2S2/c1-17(2,3)28(26)24-9-11-6-13(18(20,21)22)7-14(19)16(11)27-15-4-5-23-8-12(15)10-25/h4-8,24-25H,9-10H2,1-3H3. The molecule has 0 radical (unpaired) electrons. The number of benzene rings is 1. The highest BCUT2D eigenvalue weighted by Gasteiger charge is 2.32. The molecule has 4 nitrogen and oxygen atoms in total. The van der Waals surface area contributed by atoms with Gasteiger partial charge in [0.1, 0.15) is 0 Å². The van der Waals surface area contributed by atoms with E-state index in [2.05, 4.69) is 9.71 Å². The van der Waals surface area contributed by atoms with Gasteiger partial charge in [-0.25, -0.2) is 8.93 Å². The molecule has 0 bridgehead atoms. The summed E-state index contributed by atoms with van der Waals surface area (Å²) in [5.74, 6) is 0. The van der Waals surface area contributed by atoms with Gasteiger partial charge in [-0.05, 0) is 44.5 Å². The fourth-order valence-electron chi connectivity index (χ4n) is 2.16. The summed E-state index contributed by atoms with van der Waals surface area (Å²) >= 11 is 7.32. The summed E-state index contributed by atoms with van der Waals surface area (Å²) in [6, 6.07) is 3.52. The van der Waals surface area contributed by atoms with E-state index in [-0.39, 0.29) is 23.7 Å². The van der Waals surface area contributed by atoms with E-state index in [1.807, 2.05) is 0 Å². The molecule has 154 valence electrons. The van der Waals surface area contributed by atoms with Gasteiger partial charge in [0.15, 0.2) is 0 Å². The van der Waals surface area contributed by atoms with E-state index in [1.165, 1.54) is 12.4 Å². The first-order valence-corrected chi connectivity index (χ1v) is 10.5. The van der Waals surface area contributed by atoms with E-state index in [4.69, 9.17) is 11.6 Å². The number of nitrogens with one attached hydrogen (secondary N) is 1. The molecular formula is C18H20ClF3N2O2S2. The molecule has 0 amide bonds. The number of aliphatic hydroxyl groups is 1. The molecule has 1 aromatic heterocycles. The van der Waals surface area contributed by atoms with E-state index in [1.54, 1.807) is 26.8 Å². The van der Waals surface area contributed by atoms with Crippen molar-refractivity contribution in [3.05, 3.63) is 52.3 Å². The highest BCUT2D eigenvalue weighted by molar-refractivity contribution is 7.99. The molecule has 10 heteroatoms. The Morgan fingerprint density at radius 2 is 1.93 bits per heavy atom. The molecule has 0 aliphatic rings. The Labute approximate surface area is 173 Å². The molecule has 28 heavy (non-hydrogen) atoms. The molecule has 2 N–H and O–H groups in total. The van der Waals surface area contributed by atoms with Crippen LogP contribution in [-0.4, -0.2) is 19.0 Å². The Morgan fingerprint density at radius 1 is 1.25 bits per heavy atom. The zero-order chi connectivity index (χ0) is 21.1. The van der Waals surface area contributed by atoms with Crippen molar-refractivity contribution in [1.82, 2.24) is 9.71 Å². The average Bonchev–Trinajstić information content (AvgIpc) is 2.60. The first-order valence-electron chi connectivity index (χ1n) is 8.20. The summed E-state index contributed by atoms with van der Waals surface area (Å²) in [7, 11) is -1.47. The summed E-state index contributed by atoms with van der Waals surface area (Å²) in [6.07, 6.45) is -1.56. The number of halogens is 4. The van der Waals surface area contributed by atoms with Crippen molar-refractivity contribution in [1.29, 1.82) is 0 Å².